The molecule has 0 aliphatic carbocycles. The van der Waals surface area contributed by atoms with Crippen molar-refractivity contribution in [3.63, 3.8) is 0 Å². The maximum Gasteiger partial charge on any atom is 0.274 e. The first-order chi connectivity index (χ1) is 11.5. The first-order valence-electron chi connectivity index (χ1n) is 7.86. The summed E-state index contributed by atoms with van der Waals surface area (Å²) in [5.41, 5.74) is -0.445. The lowest BCUT2D eigenvalue weighted by Crippen LogP contribution is -2.17. The summed E-state index contributed by atoms with van der Waals surface area (Å²) in [5, 5.41) is 5.34. The van der Waals surface area contributed by atoms with E-state index in [-0.39, 0.29) is 5.69 Å². The van der Waals surface area contributed by atoms with Crippen molar-refractivity contribution in [2.45, 2.75) is 33.1 Å². The van der Waals surface area contributed by atoms with Gasteiger partial charge >= 0.3 is 0 Å². The molecule has 0 spiro atoms. The summed E-state index contributed by atoms with van der Waals surface area (Å²) in [7, 11) is 0. The quantitative estimate of drug-likeness (QED) is 0.753. The van der Waals surface area contributed by atoms with Crippen LogP contribution in [0.1, 0.15) is 42.5 Å². The Morgan fingerprint density at radius 1 is 1.17 bits per heavy atom. The molecule has 5 nitrogen and oxygen atoms in total. The van der Waals surface area contributed by atoms with Gasteiger partial charge in [0.2, 0.25) is 0 Å². The summed E-state index contributed by atoms with van der Waals surface area (Å²) >= 11 is 0. The van der Waals surface area contributed by atoms with Crippen LogP contribution in [0.2, 0.25) is 0 Å². The van der Waals surface area contributed by atoms with Gasteiger partial charge in [-0.15, -0.1) is 0 Å². The zero-order chi connectivity index (χ0) is 17.5. The van der Waals surface area contributed by atoms with E-state index in [1.165, 1.54) is 12.1 Å². The Bertz CT molecular complexity index is 701. The summed E-state index contributed by atoms with van der Waals surface area (Å²) < 4.78 is 27.2. The number of para-hydroxylation sites is 1. The maximum atomic E-state index is 13.6. The fourth-order valence-electron chi connectivity index (χ4n) is 2.16. The highest BCUT2D eigenvalue weighted by atomic mass is 19.1. The number of nitrogens with one attached hydrogen (secondary N) is 2. The van der Waals surface area contributed by atoms with Crippen LogP contribution in [0.5, 0.6) is 0 Å². The molecular weight excluding hydrogens is 314 g/mol. The average Bonchev–Trinajstić information content (AvgIpc) is 2.54. The van der Waals surface area contributed by atoms with E-state index in [1.807, 2.05) is 0 Å². The van der Waals surface area contributed by atoms with Crippen LogP contribution in [0.3, 0.4) is 0 Å². The number of halogens is 2. The highest BCUT2D eigenvalue weighted by molar-refractivity contribution is 6.03. The van der Waals surface area contributed by atoms with Crippen LogP contribution in [0, 0.1) is 18.6 Å². The van der Waals surface area contributed by atoms with Crippen molar-refractivity contribution < 1.29 is 13.6 Å². The van der Waals surface area contributed by atoms with Crippen molar-refractivity contribution in [3.8, 4) is 0 Å². The highest BCUT2D eigenvalue weighted by Gasteiger charge is 2.15. The third-order valence-electron chi connectivity index (χ3n) is 3.36. The Morgan fingerprint density at radius 3 is 2.54 bits per heavy atom. The topological polar surface area (TPSA) is 66.9 Å². The minimum atomic E-state index is -0.841. The maximum absolute atomic E-state index is 13.6. The van der Waals surface area contributed by atoms with E-state index in [0.29, 0.717) is 11.6 Å². The molecule has 0 fully saturated rings. The molecular formula is C17H20F2N4O. The molecule has 1 aromatic heterocycles. The summed E-state index contributed by atoms with van der Waals surface area (Å²) in [6.07, 6.45) is 3.19. The van der Waals surface area contributed by atoms with Crippen LogP contribution in [0.4, 0.5) is 20.3 Å². The van der Waals surface area contributed by atoms with Gasteiger partial charge < -0.3 is 10.6 Å². The number of benzene rings is 1. The molecule has 2 rings (SSSR count). The summed E-state index contributed by atoms with van der Waals surface area (Å²) in [6.45, 7) is 4.49. The zero-order valence-electron chi connectivity index (χ0n) is 13.7. The van der Waals surface area contributed by atoms with Gasteiger partial charge in [0, 0.05) is 12.6 Å². The Labute approximate surface area is 139 Å². The molecule has 0 saturated carbocycles. The monoisotopic (exact) mass is 334 g/mol. The normalized spacial score (nSPS) is 10.5. The van der Waals surface area contributed by atoms with E-state index in [2.05, 4.69) is 27.5 Å². The van der Waals surface area contributed by atoms with E-state index in [1.54, 1.807) is 6.92 Å². The molecule has 0 aliphatic heterocycles. The Morgan fingerprint density at radius 2 is 1.88 bits per heavy atom. The molecule has 128 valence electrons. The van der Waals surface area contributed by atoms with Gasteiger partial charge in [0.1, 0.15) is 34.7 Å². The number of aromatic nitrogens is 2. The molecule has 0 saturated heterocycles. The summed E-state index contributed by atoms with van der Waals surface area (Å²) in [6, 6.07) is 4.84. The average molecular weight is 334 g/mol. The van der Waals surface area contributed by atoms with Crippen molar-refractivity contribution in [1.82, 2.24) is 9.97 Å². The van der Waals surface area contributed by atoms with Crippen LogP contribution in [0.25, 0.3) is 0 Å². The molecule has 2 N–H and O–H groups in total. The number of carbonyl (C=O) groups excluding carboxylic acids is 1. The number of rotatable bonds is 7. The van der Waals surface area contributed by atoms with E-state index in [4.69, 9.17) is 0 Å². The van der Waals surface area contributed by atoms with Gasteiger partial charge in [0.25, 0.3) is 5.91 Å². The third kappa shape index (κ3) is 4.71. The van der Waals surface area contributed by atoms with Crippen molar-refractivity contribution in [1.29, 1.82) is 0 Å². The van der Waals surface area contributed by atoms with Gasteiger partial charge in [-0.1, -0.05) is 25.8 Å². The molecule has 1 heterocycles. The van der Waals surface area contributed by atoms with Crippen molar-refractivity contribution in [2.75, 3.05) is 17.2 Å². The molecule has 2 aromatic rings. The lowest BCUT2D eigenvalue weighted by Gasteiger charge is -2.10. The van der Waals surface area contributed by atoms with E-state index in [9.17, 15) is 13.6 Å². The highest BCUT2D eigenvalue weighted by Crippen LogP contribution is 2.19. The van der Waals surface area contributed by atoms with Crippen LogP contribution in [0.15, 0.2) is 24.3 Å². The lowest BCUT2D eigenvalue weighted by atomic mass is 10.2. The first kappa shape index (κ1) is 17.8. The Hall–Kier alpha value is -2.57. The number of unbranched alkanes of at least 4 members (excludes halogenated alkanes) is 2. The molecule has 0 atom stereocenters. The van der Waals surface area contributed by atoms with Gasteiger partial charge in [0.15, 0.2) is 0 Å². The molecule has 1 aromatic carbocycles. The number of aryl methyl sites for hydroxylation is 1. The molecule has 0 radical (unpaired) electrons. The fraction of sp³-hybridized carbons (Fsp3) is 0.353. The molecule has 24 heavy (non-hydrogen) atoms. The minimum Gasteiger partial charge on any atom is -0.370 e. The van der Waals surface area contributed by atoms with Crippen molar-refractivity contribution in [3.05, 3.63) is 47.4 Å². The van der Waals surface area contributed by atoms with Crippen molar-refractivity contribution in [2.24, 2.45) is 0 Å². The van der Waals surface area contributed by atoms with Gasteiger partial charge in [-0.2, -0.15) is 0 Å². The van der Waals surface area contributed by atoms with Gasteiger partial charge in [0.05, 0.1) is 0 Å². The standard InChI is InChI=1S/C17H20F2N4O/c1-3-4-5-9-20-15-10-14(21-11(2)22-15)17(24)23-16-12(18)7-6-8-13(16)19/h6-8,10H,3-5,9H2,1-2H3,(H,23,24)(H,20,21,22). The lowest BCUT2D eigenvalue weighted by molar-refractivity contribution is 0.102. The summed E-state index contributed by atoms with van der Waals surface area (Å²) in [5.74, 6) is -1.47. The van der Waals surface area contributed by atoms with Gasteiger partial charge in [-0.25, -0.2) is 18.7 Å². The number of anilines is 2. The number of hydrogen-bond donors (Lipinski definition) is 2. The molecule has 0 unspecified atom stereocenters. The molecule has 0 aliphatic rings. The Balaban J connectivity index is 2.13. The summed E-state index contributed by atoms with van der Waals surface area (Å²) in [4.78, 5) is 20.5. The van der Waals surface area contributed by atoms with Crippen LogP contribution in [-0.4, -0.2) is 22.4 Å². The molecule has 7 heteroatoms. The van der Waals surface area contributed by atoms with Crippen LogP contribution < -0.4 is 10.6 Å². The number of hydrogen-bond acceptors (Lipinski definition) is 4. The first-order valence-corrected chi connectivity index (χ1v) is 7.86. The van der Waals surface area contributed by atoms with E-state index in [0.717, 1.165) is 37.9 Å². The SMILES string of the molecule is CCCCCNc1cc(C(=O)Nc2c(F)cccc2F)nc(C)n1. The van der Waals surface area contributed by atoms with Gasteiger partial charge in [-0.05, 0) is 25.5 Å². The fourth-order valence-corrected chi connectivity index (χ4v) is 2.16. The largest absolute Gasteiger partial charge is 0.370 e. The second-order valence-electron chi connectivity index (χ2n) is 5.37. The Kier molecular flexibility index (Phi) is 6.17. The number of nitrogens with zero attached hydrogens (tertiary/aromatic N) is 2. The molecule has 0 bridgehead atoms. The predicted octanol–water partition coefficient (Wildman–Crippen LogP) is 3.92. The van der Waals surface area contributed by atoms with Crippen molar-refractivity contribution >= 4 is 17.4 Å². The van der Waals surface area contributed by atoms with E-state index < -0.39 is 23.2 Å². The smallest absolute Gasteiger partial charge is 0.274 e. The second-order valence-corrected chi connectivity index (χ2v) is 5.37. The number of carbonyl (C=O) groups is 1. The van der Waals surface area contributed by atoms with Crippen LogP contribution >= 0.6 is 0 Å². The third-order valence-corrected chi connectivity index (χ3v) is 3.36. The second kappa shape index (κ2) is 8.33. The molecule has 1 amide bonds. The minimum absolute atomic E-state index is 0.0446. The number of amides is 1. The van der Waals surface area contributed by atoms with Gasteiger partial charge in [-0.3, -0.25) is 4.79 Å². The predicted molar refractivity (Wildman–Crippen MR) is 89.1 cm³/mol. The van der Waals surface area contributed by atoms with E-state index >= 15 is 0 Å². The van der Waals surface area contributed by atoms with Crippen LogP contribution in [-0.2, 0) is 0 Å². The zero-order valence-corrected chi connectivity index (χ0v) is 13.7.